The van der Waals surface area contributed by atoms with Crippen LogP contribution in [-0.4, -0.2) is 31.4 Å². The van der Waals surface area contributed by atoms with Crippen LogP contribution in [-0.2, 0) is 29.1 Å². The molecule has 0 spiro atoms. The molecule has 3 rings (SSSR count). The highest BCUT2D eigenvalue weighted by molar-refractivity contribution is 5.78. The number of hydrogen-bond donors (Lipinski definition) is 1. The average Bonchev–Trinajstić information content (AvgIpc) is 3.09. The molecule has 8 heteroatoms. The largest absolute Gasteiger partial charge is 0.453 e. The lowest BCUT2D eigenvalue weighted by atomic mass is 10.1. The van der Waals surface area contributed by atoms with E-state index in [0.29, 0.717) is 12.2 Å². The molecule has 0 radical (unpaired) electrons. The van der Waals surface area contributed by atoms with Gasteiger partial charge in [-0.15, -0.1) is 0 Å². The maximum Gasteiger partial charge on any atom is 0.340 e. The first-order valence-electron chi connectivity index (χ1n) is 8.34. The van der Waals surface area contributed by atoms with Crippen molar-refractivity contribution in [2.75, 3.05) is 0 Å². The zero-order valence-corrected chi connectivity index (χ0v) is 14.7. The number of aliphatic hydroxyl groups is 1. The lowest BCUT2D eigenvalue weighted by Crippen LogP contribution is -2.43. The van der Waals surface area contributed by atoms with Crippen LogP contribution in [0.4, 0.5) is 0 Å². The molecule has 0 fully saturated rings. The van der Waals surface area contributed by atoms with E-state index < -0.39 is 11.6 Å². The van der Waals surface area contributed by atoms with Crippen molar-refractivity contribution in [2.24, 2.45) is 0 Å². The van der Waals surface area contributed by atoms with Crippen LogP contribution in [0.5, 0.6) is 0 Å². The molecule has 0 saturated heterocycles. The number of aromatic nitrogens is 3. The number of rotatable bonds is 7. The van der Waals surface area contributed by atoms with Gasteiger partial charge in [-0.1, -0.05) is 41.6 Å². The molecule has 1 atom stereocenters. The van der Waals surface area contributed by atoms with E-state index in [0.717, 1.165) is 5.56 Å². The number of hydrogen-bond acceptors (Lipinski definition) is 7. The van der Waals surface area contributed by atoms with Crippen molar-refractivity contribution in [2.45, 2.75) is 32.1 Å². The lowest BCUT2D eigenvalue weighted by Gasteiger charge is -2.21. The number of carbonyl (C=O) groups excluding carboxylic acids is 1. The third kappa shape index (κ3) is 4.89. The fourth-order valence-corrected chi connectivity index (χ4v) is 2.47. The van der Waals surface area contributed by atoms with Gasteiger partial charge in [-0.2, -0.15) is 4.98 Å². The smallest absolute Gasteiger partial charge is 0.340 e. The Balaban J connectivity index is 1.57. The van der Waals surface area contributed by atoms with Gasteiger partial charge in [0.2, 0.25) is 0 Å². The Morgan fingerprint density at radius 2 is 1.96 bits per heavy atom. The zero-order valence-electron chi connectivity index (χ0n) is 14.7. The lowest BCUT2D eigenvalue weighted by molar-refractivity contribution is -0.167. The number of carbonyl (C=O) groups is 1. The van der Waals surface area contributed by atoms with E-state index in [9.17, 15) is 14.7 Å². The number of esters is 1. The van der Waals surface area contributed by atoms with Gasteiger partial charge in [0.05, 0.1) is 6.54 Å². The highest BCUT2D eigenvalue weighted by Crippen LogP contribution is 2.12. The highest BCUT2D eigenvalue weighted by Gasteiger charge is 2.33. The monoisotopic (exact) mass is 369 g/mol. The third-order valence-corrected chi connectivity index (χ3v) is 3.86. The van der Waals surface area contributed by atoms with Crippen LogP contribution >= 0.6 is 0 Å². The van der Waals surface area contributed by atoms with Gasteiger partial charge in [0, 0.05) is 18.7 Å². The molecule has 0 bridgehead atoms. The van der Waals surface area contributed by atoms with Gasteiger partial charge < -0.3 is 18.9 Å². The van der Waals surface area contributed by atoms with E-state index >= 15 is 0 Å². The topological polar surface area (TPSA) is 107 Å². The number of nitrogens with zero attached hydrogens (tertiary/aromatic N) is 3. The van der Waals surface area contributed by atoms with Gasteiger partial charge in [-0.25, -0.2) is 4.79 Å². The van der Waals surface area contributed by atoms with Crippen LogP contribution in [0.1, 0.15) is 24.2 Å². The highest BCUT2D eigenvalue weighted by atomic mass is 16.6. The standard InChI is InChI=1S/C19H19N3O5/c1-19(25,13-22-10-6-5-9-17(22)23)18(24)26-12-16-20-15(21-27-16)11-14-7-3-2-4-8-14/h2-10,25H,11-13H2,1H3. The molecule has 27 heavy (non-hydrogen) atoms. The Labute approximate surface area is 155 Å². The van der Waals surface area contributed by atoms with Gasteiger partial charge in [-0.05, 0) is 18.6 Å². The molecule has 2 aromatic heterocycles. The first-order chi connectivity index (χ1) is 12.9. The Bertz CT molecular complexity index is 962. The average molecular weight is 369 g/mol. The summed E-state index contributed by atoms with van der Waals surface area (Å²) in [6.45, 7) is 0.790. The van der Waals surface area contributed by atoms with Gasteiger partial charge >= 0.3 is 5.97 Å². The summed E-state index contributed by atoms with van der Waals surface area (Å²) in [7, 11) is 0. The van der Waals surface area contributed by atoms with Gasteiger partial charge in [0.1, 0.15) is 0 Å². The van der Waals surface area contributed by atoms with E-state index in [1.807, 2.05) is 30.3 Å². The predicted octanol–water partition coefficient (Wildman–Crippen LogP) is 1.32. The minimum Gasteiger partial charge on any atom is -0.453 e. The molecule has 8 nitrogen and oxygen atoms in total. The molecular weight excluding hydrogens is 350 g/mol. The fraction of sp³-hybridized carbons (Fsp3) is 0.263. The molecule has 0 aliphatic rings. The first kappa shape index (κ1) is 18.5. The summed E-state index contributed by atoms with van der Waals surface area (Å²) in [5.41, 5.74) is -1.18. The van der Waals surface area contributed by atoms with Gasteiger partial charge in [-0.3, -0.25) is 4.79 Å². The Morgan fingerprint density at radius 1 is 1.22 bits per heavy atom. The Hall–Kier alpha value is -3.26. The SMILES string of the molecule is CC(O)(Cn1ccccc1=O)C(=O)OCc1nc(Cc2ccccc2)no1. The van der Waals surface area contributed by atoms with Crippen molar-refractivity contribution in [3.05, 3.63) is 82.4 Å². The van der Waals surface area contributed by atoms with Crippen LogP contribution in [0, 0.1) is 0 Å². The molecule has 3 aromatic rings. The number of ether oxygens (including phenoxy) is 1. The van der Waals surface area contributed by atoms with E-state index in [4.69, 9.17) is 9.26 Å². The van der Waals surface area contributed by atoms with Gasteiger partial charge in [0.15, 0.2) is 18.0 Å². The quantitative estimate of drug-likeness (QED) is 0.626. The van der Waals surface area contributed by atoms with Crippen LogP contribution < -0.4 is 5.56 Å². The van der Waals surface area contributed by atoms with E-state index in [1.165, 1.54) is 23.8 Å². The molecule has 0 amide bonds. The molecule has 1 aromatic carbocycles. The van der Waals surface area contributed by atoms with Crippen molar-refractivity contribution < 1.29 is 19.2 Å². The summed E-state index contributed by atoms with van der Waals surface area (Å²) in [6, 6.07) is 14.2. The fourth-order valence-electron chi connectivity index (χ4n) is 2.47. The summed E-state index contributed by atoms with van der Waals surface area (Å²) in [5, 5.41) is 14.2. The van der Waals surface area contributed by atoms with Crippen molar-refractivity contribution in [3.63, 3.8) is 0 Å². The van der Waals surface area contributed by atoms with Crippen molar-refractivity contribution >= 4 is 5.97 Å². The minimum atomic E-state index is -1.88. The molecule has 2 heterocycles. The Morgan fingerprint density at radius 3 is 2.70 bits per heavy atom. The molecule has 140 valence electrons. The second-order valence-electron chi connectivity index (χ2n) is 6.28. The first-order valence-corrected chi connectivity index (χ1v) is 8.34. The van der Waals surface area contributed by atoms with Crippen LogP contribution in [0.25, 0.3) is 0 Å². The van der Waals surface area contributed by atoms with Crippen molar-refractivity contribution in [1.82, 2.24) is 14.7 Å². The van der Waals surface area contributed by atoms with Crippen LogP contribution in [0.3, 0.4) is 0 Å². The molecule has 0 aliphatic heterocycles. The van der Waals surface area contributed by atoms with E-state index in [-0.39, 0.29) is 24.6 Å². The second kappa shape index (κ2) is 7.96. The summed E-state index contributed by atoms with van der Waals surface area (Å²) >= 11 is 0. The zero-order chi connectivity index (χ0) is 19.3. The minimum absolute atomic E-state index is 0.127. The maximum absolute atomic E-state index is 12.2. The summed E-state index contributed by atoms with van der Waals surface area (Å²) < 4.78 is 11.4. The van der Waals surface area contributed by atoms with Crippen LogP contribution in [0.2, 0.25) is 0 Å². The van der Waals surface area contributed by atoms with Crippen molar-refractivity contribution in [1.29, 1.82) is 0 Å². The maximum atomic E-state index is 12.2. The normalized spacial score (nSPS) is 13.1. The molecule has 1 N–H and O–H groups in total. The molecule has 0 aliphatic carbocycles. The summed E-state index contributed by atoms with van der Waals surface area (Å²) in [4.78, 5) is 28.1. The van der Waals surface area contributed by atoms with E-state index in [2.05, 4.69) is 10.1 Å². The number of benzene rings is 1. The Kier molecular flexibility index (Phi) is 5.46. The predicted molar refractivity (Wildman–Crippen MR) is 94.7 cm³/mol. The second-order valence-corrected chi connectivity index (χ2v) is 6.28. The van der Waals surface area contributed by atoms with Crippen LogP contribution in [0.15, 0.2) is 64.0 Å². The van der Waals surface area contributed by atoms with Gasteiger partial charge in [0.25, 0.3) is 11.4 Å². The molecule has 1 unspecified atom stereocenters. The van der Waals surface area contributed by atoms with E-state index in [1.54, 1.807) is 12.1 Å². The third-order valence-electron chi connectivity index (χ3n) is 3.86. The molecular formula is C19H19N3O5. The molecule has 0 saturated carbocycles. The summed E-state index contributed by atoms with van der Waals surface area (Å²) in [6.07, 6.45) is 1.98. The summed E-state index contributed by atoms with van der Waals surface area (Å²) in [5.74, 6) is -0.294. The number of pyridine rings is 1. The van der Waals surface area contributed by atoms with Crippen molar-refractivity contribution in [3.8, 4) is 0 Å².